The smallest absolute Gasteiger partial charge is 0.154 e. The van der Waals surface area contributed by atoms with Crippen molar-refractivity contribution in [2.45, 2.75) is 52.6 Å². The van der Waals surface area contributed by atoms with Crippen molar-refractivity contribution >= 4 is 0 Å². The Morgan fingerprint density at radius 1 is 1.06 bits per heavy atom. The zero-order valence-electron chi connectivity index (χ0n) is 19.2. The highest BCUT2D eigenvalue weighted by molar-refractivity contribution is 5.58. The van der Waals surface area contributed by atoms with Crippen molar-refractivity contribution in [2.75, 3.05) is 6.54 Å². The second-order valence-corrected chi connectivity index (χ2v) is 9.57. The van der Waals surface area contributed by atoms with Crippen LogP contribution in [-0.2, 0) is 24.9 Å². The number of para-hydroxylation sites is 1. The molecule has 32 heavy (non-hydrogen) atoms. The van der Waals surface area contributed by atoms with Crippen LogP contribution in [0.25, 0.3) is 17.1 Å². The normalized spacial score (nSPS) is 14.5. The second-order valence-electron chi connectivity index (χ2n) is 9.57. The molecule has 1 aliphatic rings. The van der Waals surface area contributed by atoms with Crippen LogP contribution >= 0.6 is 0 Å². The molecule has 0 amide bonds. The van der Waals surface area contributed by atoms with Crippen LogP contribution in [0.2, 0.25) is 0 Å². The van der Waals surface area contributed by atoms with E-state index in [4.69, 9.17) is 14.5 Å². The predicted octanol–water partition coefficient (Wildman–Crippen LogP) is 5.09. The molecule has 1 aliphatic heterocycles. The Kier molecular flexibility index (Phi) is 5.18. The molecule has 0 aliphatic carbocycles. The molecule has 0 N–H and O–H groups in total. The summed E-state index contributed by atoms with van der Waals surface area (Å²) in [6.45, 7) is 11.0. The van der Waals surface area contributed by atoms with E-state index in [1.54, 1.807) is 0 Å². The summed E-state index contributed by atoms with van der Waals surface area (Å²) in [5.74, 6) is 2.62. The highest BCUT2D eigenvalue weighted by Crippen LogP contribution is 2.29. The maximum atomic E-state index is 5.94. The number of fused-ring (bicyclic) bond motifs is 1. The highest BCUT2D eigenvalue weighted by atomic mass is 16.3. The van der Waals surface area contributed by atoms with E-state index in [-0.39, 0.29) is 5.41 Å². The van der Waals surface area contributed by atoms with Crippen LogP contribution in [0.5, 0.6) is 0 Å². The van der Waals surface area contributed by atoms with Gasteiger partial charge < -0.3 is 4.42 Å². The Morgan fingerprint density at radius 3 is 2.59 bits per heavy atom. The Bertz CT molecular complexity index is 1230. The largest absolute Gasteiger partial charge is 0.460 e. The lowest BCUT2D eigenvalue weighted by atomic mass is 9.95. The van der Waals surface area contributed by atoms with Gasteiger partial charge >= 0.3 is 0 Å². The third-order valence-electron chi connectivity index (χ3n) is 5.86. The van der Waals surface area contributed by atoms with Crippen molar-refractivity contribution in [2.24, 2.45) is 0 Å². The molecule has 0 atom stereocenters. The van der Waals surface area contributed by atoms with Gasteiger partial charge in [-0.2, -0.15) is 5.10 Å². The van der Waals surface area contributed by atoms with E-state index in [0.717, 1.165) is 60.3 Å². The first-order valence-electron chi connectivity index (χ1n) is 11.2. The number of benzene rings is 1. The summed E-state index contributed by atoms with van der Waals surface area (Å²) in [5.41, 5.74) is 5.45. The van der Waals surface area contributed by atoms with Crippen molar-refractivity contribution in [3.63, 3.8) is 0 Å². The van der Waals surface area contributed by atoms with Crippen LogP contribution in [0, 0.1) is 6.92 Å². The van der Waals surface area contributed by atoms with Crippen molar-refractivity contribution < 1.29 is 4.42 Å². The van der Waals surface area contributed by atoms with Gasteiger partial charge in [-0.15, -0.1) is 0 Å². The van der Waals surface area contributed by atoms with Gasteiger partial charge in [0.25, 0.3) is 0 Å². The van der Waals surface area contributed by atoms with Crippen molar-refractivity contribution in [3.8, 4) is 17.1 Å². The van der Waals surface area contributed by atoms with Gasteiger partial charge in [0, 0.05) is 60.7 Å². The minimum atomic E-state index is -0.0335. The van der Waals surface area contributed by atoms with Gasteiger partial charge in [-0.3, -0.25) is 4.90 Å². The van der Waals surface area contributed by atoms with Gasteiger partial charge in [0.2, 0.25) is 0 Å². The molecule has 0 saturated heterocycles. The van der Waals surface area contributed by atoms with Gasteiger partial charge in [0.05, 0.1) is 5.69 Å². The van der Waals surface area contributed by atoms with E-state index in [9.17, 15) is 0 Å². The van der Waals surface area contributed by atoms with Crippen LogP contribution < -0.4 is 0 Å². The SMILES string of the molecule is Cc1ccc(-c2nn(-c3ccccc3)cc2CN2CCc3nc(C(C)(C)C)ncc3C2)o1. The highest BCUT2D eigenvalue weighted by Gasteiger charge is 2.24. The molecule has 3 aromatic heterocycles. The molecule has 5 rings (SSSR count). The Labute approximate surface area is 188 Å². The lowest BCUT2D eigenvalue weighted by Crippen LogP contribution is -2.32. The lowest BCUT2D eigenvalue weighted by molar-refractivity contribution is 0.242. The number of hydrogen-bond donors (Lipinski definition) is 0. The summed E-state index contributed by atoms with van der Waals surface area (Å²) in [5, 5.41) is 4.88. The van der Waals surface area contributed by atoms with E-state index in [1.807, 2.05) is 48.1 Å². The molecule has 0 radical (unpaired) electrons. The minimum absolute atomic E-state index is 0.0335. The van der Waals surface area contributed by atoms with E-state index in [1.165, 1.54) is 11.3 Å². The number of furan rings is 1. The summed E-state index contributed by atoms with van der Waals surface area (Å²) in [6, 6.07) is 14.2. The Morgan fingerprint density at radius 2 is 1.88 bits per heavy atom. The van der Waals surface area contributed by atoms with E-state index < -0.39 is 0 Å². The number of aromatic nitrogens is 4. The summed E-state index contributed by atoms with van der Waals surface area (Å²) >= 11 is 0. The molecule has 6 nitrogen and oxygen atoms in total. The molecule has 4 heterocycles. The van der Waals surface area contributed by atoms with E-state index >= 15 is 0 Å². The number of hydrogen-bond acceptors (Lipinski definition) is 5. The van der Waals surface area contributed by atoms with Crippen molar-refractivity contribution in [1.29, 1.82) is 0 Å². The molecule has 0 fully saturated rings. The van der Waals surface area contributed by atoms with Crippen LogP contribution in [0.4, 0.5) is 0 Å². The van der Waals surface area contributed by atoms with E-state index in [0.29, 0.717) is 0 Å². The standard InChI is InChI=1S/C26H29N5O/c1-18-10-11-23(32-18)24-20(17-31(29-24)21-8-6-5-7-9-21)16-30-13-12-22-19(15-30)14-27-25(28-22)26(2,3)4/h5-11,14,17H,12-13,15-16H2,1-4H3. The quantitative estimate of drug-likeness (QED) is 0.454. The maximum absolute atomic E-state index is 5.94. The summed E-state index contributed by atoms with van der Waals surface area (Å²) in [4.78, 5) is 12.0. The van der Waals surface area contributed by atoms with Crippen LogP contribution in [0.1, 0.15) is 49.2 Å². The zero-order valence-corrected chi connectivity index (χ0v) is 19.2. The molecular formula is C26H29N5O. The summed E-state index contributed by atoms with van der Waals surface area (Å²) in [6.07, 6.45) is 5.07. The van der Waals surface area contributed by atoms with Gasteiger partial charge in [0.15, 0.2) is 5.76 Å². The molecule has 0 spiro atoms. The Balaban J connectivity index is 1.43. The van der Waals surface area contributed by atoms with Gasteiger partial charge in [-0.25, -0.2) is 14.6 Å². The monoisotopic (exact) mass is 427 g/mol. The fourth-order valence-corrected chi connectivity index (χ4v) is 4.12. The maximum Gasteiger partial charge on any atom is 0.154 e. The summed E-state index contributed by atoms with van der Waals surface area (Å²) < 4.78 is 7.88. The molecule has 0 unspecified atom stereocenters. The zero-order chi connectivity index (χ0) is 22.3. The van der Waals surface area contributed by atoms with Gasteiger partial charge in [0.1, 0.15) is 17.3 Å². The van der Waals surface area contributed by atoms with Crippen molar-refractivity contribution in [3.05, 3.63) is 83.3 Å². The molecule has 1 aromatic carbocycles. The molecule has 164 valence electrons. The topological polar surface area (TPSA) is 60.0 Å². The third-order valence-corrected chi connectivity index (χ3v) is 5.86. The first-order valence-corrected chi connectivity index (χ1v) is 11.2. The molecule has 6 heteroatoms. The molecular weight excluding hydrogens is 398 g/mol. The molecule has 0 bridgehead atoms. The summed E-state index contributed by atoms with van der Waals surface area (Å²) in [7, 11) is 0. The predicted molar refractivity (Wildman–Crippen MR) is 125 cm³/mol. The van der Waals surface area contributed by atoms with Crippen molar-refractivity contribution in [1.82, 2.24) is 24.6 Å². The lowest BCUT2D eigenvalue weighted by Gasteiger charge is -2.29. The third kappa shape index (κ3) is 4.10. The second kappa shape index (κ2) is 8.02. The number of rotatable bonds is 4. The average Bonchev–Trinajstić information content (AvgIpc) is 3.39. The minimum Gasteiger partial charge on any atom is -0.460 e. The number of aryl methyl sites for hydroxylation is 1. The van der Waals surface area contributed by atoms with Crippen LogP contribution in [-0.4, -0.2) is 31.2 Å². The van der Waals surface area contributed by atoms with E-state index in [2.05, 4.69) is 49.0 Å². The molecule has 4 aromatic rings. The fraction of sp³-hybridized carbons (Fsp3) is 0.346. The number of nitrogens with zero attached hydrogens (tertiary/aromatic N) is 5. The first kappa shape index (κ1) is 20.6. The Hall–Kier alpha value is -3.25. The fourth-order valence-electron chi connectivity index (χ4n) is 4.12. The van der Waals surface area contributed by atoms with Gasteiger partial charge in [-0.1, -0.05) is 39.0 Å². The first-order chi connectivity index (χ1) is 15.4. The van der Waals surface area contributed by atoms with Crippen LogP contribution in [0.3, 0.4) is 0 Å². The average molecular weight is 428 g/mol. The molecule has 0 saturated carbocycles. The van der Waals surface area contributed by atoms with Crippen LogP contribution in [0.15, 0.2) is 59.3 Å². The van der Waals surface area contributed by atoms with Gasteiger partial charge in [-0.05, 0) is 31.2 Å².